The second-order valence-electron chi connectivity index (χ2n) is 9.20. The van der Waals surface area contributed by atoms with E-state index in [9.17, 15) is 9.59 Å². The summed E-state index contributed by atoms with van der Waals surface area (Å²) in [5, 5.41) is 8.40. The van der Waals surface area contributed by atoms with Crippen LogP contribution >= 0.6 is 0 Å². The van der Waals surface area contributed by atoms with Crippen LogP contribution in [-0.2, 0) is 4.79 Å². The number of rotatable bonds is 6. The molecule has 33 heavy (non-hydrogen) atoms. The molecule has 3 aromatic rings. The Labute approximate surface area is 195 Å². The van der Waals surface area contributed by atoms with Crippen LogP contribution in [0.3, 0.4) is 0 Å². The fourth-order valence-corrected chi connectivity index (χ4v) is 4.55. The van der Waals surface area contributed by atoms with Crippen molar-refractivity contribution in [1.82, 2.24) is 25.0 Å². The maximum absolute atomic E-state index is 13.8. The van der Waals surface area contributed by atoms with Gasteiger partial charge in [0, 0.05) is 37.2 Å². The summed E-state index contributed by atoms with van der Waals surface area (Å²) < 4.78 is 1.87. The number of piperidine rings is 1. The molecule has 0 bridgehead atoms. The van der Waals surface area contributed by atoms with Gasteiger partial charge in [0.15, 0.2) is 5.65 Å². The van der Waals surface area contributed by atoms with E-state index in [1.165, 1.54) is 0 Å². The zero-order chi connectivity index (χ0) is 23.5. The Morgan fingerprint density at radius 2 is 2.03 bits per heavy atom. The van der Waals surface area contributed by atoms with Gasteiger partial charge in [0.2, 0.25) is 5.91 Å². The van der Waals surface area contributed by atoms with E-state index >= 15 is 0 Å². The number of aromatic nitrogens is 3. The van der Waals surface area contributed by atoms with E-state index < -0.39 is 0 Å². The zero-order valence-corrected chi connectivity index (χ0v) is 20.0. The molecule has 174 valence electrons. The van der Waals surface area contributed by atoms with Gasteiger partial charge in [0.1, 0.15) is 0 Å². The molecule has 1 unspecified atom stereocenters. The normalized spacial score (nSPS) is 16.4. The maximum atomic E-state index is 13.8. The number of nitrogens with zero attached hydrogens (tertiary/aromatic N) is 4. The fraction of sp³-hybridized carbons (Fsp3) is 0.462. The van der Waals surface area contributed by atoms with Gasteiger partial charge >= 0.3 is 0 Å². The van der Waals surface area contributed by atoms with Gasteiger partial charge in [0.05, 0.1) is 22.8 Å². The third-order valence-corrected chi connectivity index (χ3v) is 6.26. The van der Waals surface area contributed by atoms with E-state index in [1.54, 1.807) is 6.20 Å². The second kappa shape index (κ2) is 9.73. The van der Waals surface area contributed by atoms with E-state index in [-0.39, 0.29) is 23.9 Å². The number of benzene rings is 1. The van der Waals surface area contributed by atoms with Crippen molar-refractivity contribution in [3.63, 3.8) is 0 Å². The summed E-state index contributed by atoms with van der Waals surface area (Å²) in [6.07, 6.45) is 4.85. The first kappa shape index (κ1) is 23.0. The van der Waals surface area contributed by atoms with Gasteiger partial charge in [-0.15, -0.1) is 0 Å². The van der Waals surface area contributed by atoms with Crippen molar-refractivity contribution < 1.29 is 9.59 Å². The summed E-state index contributed by atoms with van der Waals surface area (Å²) in [4.78, 5) is 32.7. The average Bonchev–Trinajstić information content (AvgIpc) is 3.23. The average molecular weight is 448 g/mol. The number of amides is 2. The number of hydrogen-bond acceptors (Lipinski definition) is 4. The molecule has 1 saturated heterocycles. The number of hydrogen-bond donors (Lipinski definition) is 1. The van der Waals surface area contributed by atoms with E-state index in [2.05, 4.69) is 37.3 Å². The molecule has 1 fully saturated rings. The SMILES string of the molecule is CCCC(=O)NC1CCCN(C(=O)c2cc(-c3ccccc3C)nc3c2cnn3C(C)C)C1. The second-order valence-corrected chi connectivity index (χ2v) is 9.20. The molecule has 1 N–H and O–H groups in total. The Morgan fingerprint density at radius 1 is 1.24 bits per heavy atom. The van der Waals surface area contributed by atoms with Gasteiger partial charge in [-0.2, -0.15) is 5.10 Å². The molecule has 1 aliphatic heterocycles. The Morgan fingerprint density at radius 3 is 2.76 bits per heavy atom. The van der Waals surface area contributed by atoms with Crippen LogP contribution in [0.15, 0.2) is 36.5 Å². The first-order chi connectivity index (χ1) is 15.9. The molecule has 2 amide bonds. The van der Waals surface area contributed by atoms with Gasteiger partial charge in [-0.05, 0) is 51.7 Å². The summed E-state index contributed by atoms with van der Waals surface area (Å²) in [6.45, 7) is 9.37. The molecule has 0 spiro atoms. The summed E-state index contributed by atoms with van der Waals surface area (Å²) in [5.74, 6) is 0.0260. The molecule has 7 nitrogen and oxygen atoms in total. The van der Waals surface area contributed by atoms with Crippen LogP contribution < -0.4 is 5.32 Å². The lowest BCUT2D eigenvalue weighted by atomic mass is 10.0. The number of aryl methyl sites for hydroxylation is 1. The van der Waals surface area contributed by atoms with Crippen molar-refractivity contribution in [3.05, 3.63) is 47.7 Å². The van der Waals surface area contributed by atoms with Crippen molar-refractivity contribution in [2.24, 2.45) is 0 Å². The zero-order valence-electron chi connectivity index (χ0n) is 20.0. The number of carbonyl (C=O) groups excluding carboxylic acids is 2. The molecule has 7 heteroatoms. The number of carbonyl (C=O) groups is 2. The quantitative estimate of drug-likeness (QED) is 0.603. The third-order valence-electron chi connectivity index (χ3n) is 6.26. The van der Waals surface area contributed by atoms with Crippen molar-refractivity contribution in [2.75, 3.05) is 13.1 Å². The van der Waals surface area contributed by atoms with Gasteiger partial charge in [-0.25, -0.2) is 9.67 Å². The number of nitrogens with one attached hydrogen (secondary N) is 1. The largest absolute Gasteiger partial charge is 0.352 e. The first-order valence-corrected chi connectivity index (χ1v) is 11.9. The Balaban J connectivity index is 1.72. The summed E-state index contributed by atoms with van der Waals surface area (Å²) >= 11 is 0. The third kappa shape index (κ3) is 4.77. The van der Waals surface area contributed by atoms with Gasteiger partial charge in [-0.3, -0.25) is 9.59 Å². The minimum atomic E-state index is -0.0324. The molecule has 0 aliphatic carbocycles. The van der Waals surface area contributed by atoms with Crippen LogP contribution in [0.4, 0.5) is 0 Å². The summed E-state index contributed by atoms with van der Waals surface area (Å²) in [6, 6.07) is 10.1. The molecule has 3 heterocycles. The first-order valence-electron chi connectivity index (χ1n) is 11.9. The molecule has 0 radical (unpaired) electrons. The van der Waals surface area contributed by atoms with E-state index in [0.29, 0.717) is 25.1 Å². The highest BCUT2D eigenvalue weighted by Gasteiger charge is 2.28. The van der Waals surface area contributed by atoms with Crippen molar-refractivity contribution in [1.29, 1.82) is 0 Å². The molecular formula is C26H33N5O2. The van der Waals surface area contributed by atoms with E-state index in [0.717, 1.165) is 47.1 Å². The van der Waals surface area contributed by atoms with Gasteiger partial charge in [0.25, 0.3) is 5.91 Å². The van der Waals surface area contributed by atoms with Crippen molar-refractivity contribution in [3.8, 4) is 11.3 Å². The minimum Gasteiger partial charge on any atom is -0.352 e. The van der Waals surface area contributed by atoms with Crippen LogP contribution in [0.25, 0.3) is 22.3 Å². The fourth-order valence-electron chi connectivity index (χ4n) is 4.55. The van der Waals surface area contributed by atoms with Gasteiger partial charge in [-0.1, -0.05) is 31.2 Å². The van der Waals surface area contributed by atoms with Crippen LogP contribution in [0.1, 0.15) is 68.4 Å². The molecule has 1 atom stereocenters. The number of fused-ring (bicyclic) bond motifs is 1. The smallest absolute Gasteiger partial charge is 0.254 e. The van der Waals surface area contributed by atoms with E-state index in [4.69, 9.17) is 4.98 Å². The molecule has 1 aliphatic rings. The summed E-state index contributed by atoms with van der Waals surface area (Å²) in [7, 11) is 0. The molecule has 2 aromatic heterocycles. The highest BCUT2D eigenvalue weighted by atomic mass is 16.2. The standard InChI is InChI=1S/C26H33N5O2/c1-5-9-24(32)28-19-11-8-13-30(16-19)26(33)21-14-23(20-12-7-6-10-18(20)4)29-25-22(21)15-27-31(25)17(2)3/h6-7,10,12,14-15,17,19H,5,8-9,11,13,16H2,1-4H3,(H,28,32). The highest BCUT2D eigenvalue weighted by molar-refractivity contribution is 6.06. The van der Waals surface area contributed by atoms with Crippen LogP contribution in [0.5, 0.6) is 0 Å². The predicted molar refractivity (Wildman–Crippen MR) is 130 cm³/mol. The lowest BCUT2D eigenvalue weighted by molar-refractivity contribution is -0.122. The highest BCUT2D eigenvalue weighted by Crippen LogP contribution is 2.29. The Kier molecular flexibility index (Phi) is 6.77. The molecular weight excluding hydrogens is 414 g/mol. The van der Waals surface area contributed by atoms with E-state index in [1.807, 2.05) is 40.8 Å². The van der Waals surface area contributed by atoms with Crippen LogP contribution in [0, 0.1) is 6.92 Å². The monoisotopic (exact) mass is 447 g/mol. The predicted octanol–water partition coefficient (Wildman–Crippen LogP) is 4.51. The lowest BCUT2D eigenvalue weighted by Gasteiger charge is -2.33. The minimum absolute atomic E-state index is 0.00620. The van der Waals surface area contributed by atoms with Crippen LogP contribution in [-0.4, -0.2) is 50.6 Å². The van der Waals surface area contributed by atoms with Crippen molar-refractivity contribution in [2.45, 2.75) is 65.5 Å². The topological polar surface area (TPSA) is 80.1 Å². The maximum Gasteiger partial charge on any atom is 0.254 e. The molecule has 1 aromatic carbocycles. The molecule has 0 saturated carbocycles. The Hall–Kier alpha value is -3.22. The molecule has 4 rings (SSSR count). The summed E-state index contributed by atoms with van der Waals surface area (Å²) in [5.41, 5.74) is 4.23. The van der Waals surface area contributed by atoms with Crippen LogP contribution in [0.2, 0.25) is 0 Å². The Bertz CT molecular complexity index is 1170. The van der Waals surface area contributed by atoms with Crippen molar-refractivity contribution >= 4 is 22.8 Å². The number of pyridine rings is 1. The number of likely N-dealkylation sites (tertiary alicyclic amines) is 1. The van der Waals surface area contributed by atoms with Gasteiger partial charge < -0.3 is 10.2 Å². The lowest BCUT2D eigenvalue weighted by Crippen LogP contribution is -2.49.